The lowest BCUT2D eigenvalue weighted by Gasteiger charge is -2.34. The molecule has 0 saturated heterocycles. The van der Waals surface area contributed by atoms with Gasteiger partial charge < -0.3 is 41.8 Å². The third kappa shape index (κ3) is 9.21. The van der Waals surface area contributed by atoms with Gasteiger partial charge in [0.05, 0.1) is 18.5 Å². The summed E-state index contributed by atoms with van der Waals surface area (Å²) in [5.41, 5.74) is 11.3. The quantitative estimate of drug-likeness (QED) is 0.117. The van der Waals surface area contributed by atoms with Crippen LogP contribution in [0.4, 0.5) is 23.5 Å². The number of ether oxygens (including phenoxy) is 2. The Morgan fingerprint density at radius 3 is 1.64 bits per heavy atom. The third-order valence-electron chi connectivity index (χ3n) is 7.69. The van der Waals surface area contributed by atoms with E-state index in [9.17, 15) is 5.11 Å². The van der Waals surface area contributed by atoms with E-state index in [1.807, 2.05) is 0 Å². The Balaban J connectivity index is 0.000000178. The minimum absolute atomic E-state index is 0.167. The molecule has 2 aliphatic rings. The highest BCUT2D eigenvalue weighted by Gasteiger charge is 2.29. The van der Waals surface area contributed by atoms with Crippen LogP contribution >= 0.6 is 23.2 Å². The average molecular weight is 656 g/mol. The predicted octanol–water partition coefficient (Wildman–Crippen LogP) is 5.62. The Hall–Kier alpha value is -4.10. The molecule has 2 atom stereocenters. The number of benzene rings is 2. The first-order valence-electron chi connectivity index (χ1n) is 14.6. The van der Waals surface area contributed by atoms with Gasteiger partial charge in [-0.2, -0.15) is 9.97 Å². The molecule has 238 valence electrons. The van der Waals surface area contributed by atoms with Crippen molar-refractivity contribution in [3.8, 4) is 23.0 Å². The fourth-order valence-corrected chi connectivity index (χ4v) is 5.13. The van der Waals surface area contributed by atoms with Crippen LogP contribution in [0.1, 0.15) is 25.7 Å². The number of aromatic nitrogens is 4. The average Bonchev–Trinajstić information content (AvgIpc) is 3.01. The largest absolute Gasteiger partial charge is 0.452 e. The molecule has 12 nitrogen and oxygen atoms in total. The summed E-state index contributed by atoms with van der Waals surface area (Å²) in [5.74, 6) is 4.91. The number of nitrogen functional groups attached to an aromatic ring is 2. The molecule has 2 heterocycles. The van der Waals surface area contributed by atoms with Crippen LogP contribution in [0.5, 0.6) is 23.0 Å². The highest BCUT2D eigenvalue weighted by atomic mass is 35.5. The van der Waals surface area contributed by atoms with E-state index in [-0.39, 0.29) is 30.5 Å². The zero-order valence-electron chi connectivity index (χ0n) is 24.4. The maximum absolute atomic E-state index is 9.63. The van der Waals surface area contributed by atoms with Crippen molar-refractivity contribution >= 4 is 46.7 Å². The van der Waals surface area contributed by atoms with Crippen molar-refractivity contribution in [1.82, 2.24) is 19.9 Å². The van der Waals surface area contributed by atoms with Gasteiger partial charge in [-0.15, -0.1) is 0 Å². The molecular formula is C31H36Cl2N8O4. The summed E-state index contributed by atoms with van der Waals surface area (Å²) in [6.07, 6.45) is 6.74. The number of aliphatic hydroxyl groups is 2. The zero-order valence-corrected chi connectivity index (χ0v) is 26.0. The number of aliphatic hydroxyl groups excluding tert-OH is 2. The summed E-state index contributed by atoms with van der Waals surface area (Å²) in [7, 11) is 0. The van der Waals surface area contributed by atoms with Gasteiger partial charge in [0.25, 0.3) is 0 Å². The molecular weight excluding hydrogens is 619 g/mol. The number of nitrogens with one attached hydrogen (secondary N) is 2. The Bertz CT molecular complexity index is 1540. The molecule has 2 saturated carbocycles. The summed E-state index contributed by atoms with van der Waals surface area (Å²) >= 11 is 11.7. The van der Waals surface area contributed by atoms with Gasteiger partial charge in [-0.25, -0.2) is 9.97 Å². The van der Waals surface area contributed by atoms with E-state index in [1.54, 1.807) is 54.7 Å². The van der Waals surface area contributed by atoms with Crippen molar-refractivity contribution in [2.24, 2.45) is 17.8 Å². The fourth-order valence-electron chi connectivity index (χ4n) is 4.88. The monoisotopic (exact) mass is 654 g/mol. The van der Waals surface area contributed by atoms with E-state index in [2.05, 4.69) is 30.6 Å². The lowest BCUT2D eigenvalue weighted by atomic mass is 9.75. The number of hydrogen-bond donors (Lipinski definition) is 6. The number of halogens is 2. The Labute approximate surface area is 271 Å². The van der Waals surface area contributed by atoms with E-state index >= 15 is 0 Å². The van der Waals surface area contributed by atoms with Gasteiger partial charge in [-0.1, -0.05) is 23.2 Å². The number of hydrogen-bond acceptors (Lipinski definition) is 12. The van der Waals surface area contributed by atoms with Gasteiger partial charge in [0.15, 0.2) is 23.1 Å². The van der Waals surface area contributed by atoms with Crippen LogP contribution in [0.2, 0.25) is 10.0 Å². The predicted molar refractivity (Wildman–Crippen MR) is 175 cm³/mol. The second-order valence-corrected chi connectivity index (χ2v) is 11.9. The third-order valence-corrected chi connectivity index (χ3v) is 8.19. The molecule has 4 aromatic rings. The van der Waals surface area contributed by atoms with Crippen LogP contribution in [0.15, 0.2) is 60.9 Å². The fraction of sp³-hybridized carbons (Fsp3) is 0.355. The molecule has 2 unspecified atom stereocenters. The highest BCUT2D eigenvalue weighted by Crippen LogP contribution is 2.35. The van der Waals surface area contributed by atoms with Crippen molar-refractivity contribution in [3.63, 3.8) is 0 Å². The van der Waals surface area contributed by atoms with Crippen molar-refractivity contribution in [2.75, 3.05) is 41.8 Å². The molecule has 2 aromatic carbocycles. The van der Waals surface area contributed by atoms with Crippen LogP contribution in [0.3, 0.4) is 0 Å². The van der Waals surface area contributed by atoms with Gasteiger partial charge in [0.2, 0.25) is 11.9 Å². The molecule has 45 heavy (non-hydrogen) atoms. The Kier molecular flexibility index (Phi) is 11.0. The van der Waals surface area contributed by atoms with Gasteiger partial charge in [0, 0.05) is 35.7 Å². The summed E-state index contributed by atoms with van der Waals surface area (Å²) < 4.78 is 11.6. The maximum Gasteiger partial charge on any atom is 0.222 e. The van der Waals surface area contributed by atoms with E-state index < -0.39 is 0 Å². The van der Waals surface area contributed by atoms with E-state index in [1.165, 1.54) is 6.20 Å². The first-order chi connectivity index (χ1) is 21.7. The molecule has 0 radical (unpaired) electrons. The molecule has 0 aliphatic heterocycles. The SMILES string of the molecule is Nc1ncc(Oc2ccc(Cl)cc2)c(NCC2CC(CO)C2)n1.Nc1ncc(Oc2ccc(Cl)cc2)c(NCC2CCC2O)n1. The lowest BCUT2D eigenvalue weighted by Crippen LogP contribution is -2.36. The summed E-state index contributed by atoms with van der Waals surface area (Å²) in [5, 5.41) is 26.4. The number of nitrogens with two attached hydrogens (primary N) is 2. The minimum atomic E-state index is -0.243. The van der Waals surface area contributed by atoms with Crippen LogP contribution in [0.25, 0.3) is 0 Å². The molecule has 2 aliphatic carbocycles. The Morgan fingerprint density at radius 1 is 0.733 bits per heavy atom. The van der Waals surface area contributed by atoms with Crippen molar-refractivity contribution in [3.05, 3.63) is 71.0 Å². The molecule has 0 spiro atoms. The molecule has 2 aromatic heterocycles. The molecule has 0 amide bonds. The second-order valence-electron chi connectivity index (χ2n) is 11.0. The van der Waals surface area contributed by atoms with Crippen molar-refractivity contribution in [1.29, 1.82) is 0 Å². The highest BCUT2D eigenvalue weighted by molar-refractivity contribution is 6.30. The molecule has 2 fully saturated rings. The molecule has 6 rings (SSSR count). The first kappa shape index (κ1) is 32.3. The molecule has 14 heteroatoms. The van der Waals surface area contributed by atoms with Crippen LogP contribution in [-0.2, 0) is 0 Å². The maximum atomic E-state index is 9.63. The zero-order chi connectivity index (χ0) is 31.8. The lowest BCUT2D eigenvalue weighted by molar-refractivity contribution is 0.0314. The summed E-state index contributed by atoms with van der Waals surface area (Å²) in [6, 6.07) is 14.1. The van der Waals surface area contributed by atoms with Crippen LogP contribution < -0.4 is 31.6 Å². The van der Waals surface area contributed by atoms with Gasteiger partial charge in [-0.3, -0.25) is 0 Å². The molecule has 0 bridgehead atoms. The number of anilines is 4. The standard InChI is InChI=1S/C16H19ClN4O2.C15H17ClN4O2/c17-12-1-3-13(4-2-12)23-14-8-20-16(18)21-15(14)19-7-10-5-11(6-10)9-22;16-10-2-4-11(5-3-10)22-13-8-19-15(17)20-14(13)18-7-9-1-6-12(9)21/h1-4,8,10-11,22H,5-7,9H2,(H3,18,19,20,21);2-5,8-9,12,21H,1,6-7H2,(H3,17,18,19,20). The van der Waals surface area contributed by atoms with E-state index in [0.29, 0.717) is 63.1 Å². The summed E-state index contributed by atoms with van der Waals surface area (Å²) in [6.45, 7) is 1.65. The Morgan fingerprint density at radius 2 is 1.22 bits per heavy atom. The topological polar surface area (TPSA) is 187 Å². The number of rotatable bonds is 11. The van der Waals surface area contributed by atoms with E-state index in [4.69, 9.17) is 49.2 Å². The number of nitrogens with zero attached hydrogens (tertiary/aromatic N) is 4. The van der Waals surface area contributed by atoms with Gasteiger partial charge >= 0.3 is 0 Å². The van der Waals surface area contributed by atoms with Gasteiger partial charge in [-0.05, 0) is 86.1 Å². The molecule has 8 N–H and O–H groups in total. The van der Waals surface area contributed by atoms with Crippen molar-refractivity contribution in [2.45, 2.75) is 31.8 Å². The second kappa shape index (κ2) is 15.3. The van der Waals surface area contributed by atoms with Crippen molar-refractivity contribution < 1.29 is 19.7 Å². The van der Waals surface area contributed by atoms with Crippen LogP contribution in [0, 0.1) is 17.8 Å². The normalized spacial score (nSPS) is 20.1. The minimum Gasteiger partial charge on any atom is -0.452 e. The van der Waals surface area contributed by atoms with Gasteiger partial charge in [0.1, 0.15) is 11.5 Å². The smallest absolute Gasteiger partial charge is 0.222 e. The van der Waals surface area contributed by atoms with Crippen LogP contribution in [-0.4, -0.2) is 55.9 Å². The first-order valence-corrected chi connectivity index (χ1v) is 15.4. The summed E-state index contributed by atoms with van der Waals surface area (Å²) in [4.78, 5) is 16.3. The van der Waals surface area contributed by atoms with E-state index in [0.717, 1.165) is 32.2 Å².